The van der Waals surface area contributed by atoms with E-state index in [1.807, 2.05) is 18.7 Å². The lowest BCUT2D eigenvalue weighted by Crippen LogP contribution is -2.62. The van der Waals surface area contributed by atoms with Gasteiger partial charge >= 0.3 is 0 Å². The highest BCUT2D eigenvalue weighted by Gasteiger charge is 2.48. The fraction of sp³-hybridized carbons (Fsp3) is 0.613. The Balaban J connectivity index is 1.05. The van der Waals surface area contributed by atoms with Crippen LogP contribution in [0.3, 0.4) is 0 Å². The third kappa shape index (κ3) is 4.86. The number of carbonyl (C=O) groups excluding carboxylic acids is 2. The molecule has 3 saturated heterocycles. The van der Waals surface area contributed by atoms with E-state index in [4.69, 9.17) is 0 Å². The molecule has 3 aliphatic heterocycles. The van der Waals surface area contributed by atoms with Crippen LogP contribution in [0.15, 0.2) is 36.7 Å². The predicted octanol–water partition coefficient (Wildman–Crippen LogP) is 3.85. The van der Waals surface area contributed by atoms with E-state index in [1.54, 1.807) is 0 Å². The van der Waals surface area contributed by atoms with Gasteiger partial charge < -0.3 is 14.7 Å². The molecule has 0 spiro atoms. The molecule has 1 aliphatic carbocycles. The summed E-state index contributed by atoms with van der Waals surface area (Å²) in [4.78, 5) is 41.5. The van der Waals surface area contributed by atoms with Gasteiger partial charge in [-0.25, -0.2) is 9.97 Å². The highest BCUT2D eigenvalue weighted by molar-refractivity contribution is 5.96. The molecule has 6 rings (SSSR count). The zero-order chi connectivity index (χ0) is 26.3. The smallest absolute Gasteiger partial charge is 0.257 e. The number of benzene rings is 1. The van der Waals surface area contributed by atoms with Crippen molar-refractivity contribution in [3.05, 3.63) is 59.2 Å². The van der Waals surface area contributed by atoms with Crippen LogP contribution in [0, 0.1) is 31.6 Å². The minimum absolute atomic E-state index is 0.0641. The van der Waals surface area contributed by atoms with Crippen LogP contribution in [0.25, 0.3) is 0 Å². The summed E-state index contributed by atoms with van der Waals surface area (Å²) in [5.41, 5.74) is 3.64. The van der Waals surface area contributed by atoms with Crippen molar-refractivity contribution in [1.82, 2.24) is 24.7 Å². The standard InChI is InChI=1S/C31H41N5O2/c1-22-29(23(2)33-21-32-22)30(38)35-17-25-15-34(16-26(25)18-35)13-12-31(27-10-4-3-5-11-27)19-36(20-31)28(37)14-24-8-6-7-9-24/h3-5,10-11,21,24-26H,6-9,12-20H2,1-2H3. The number of likely N-dealkylation sites (tertiary alicyclic amines) is 3. The number of nitrogens with zero attached hydrogens (tertiary/aromatic N) is 5. The van der Waals surface area contributed by atoms with Crippen molar-refractivity contribution in [3.63, 3.8) is 0 Å². The van der Waals surface area contributed by atoms with E-state index < -0.39 is 0 Å². The molecule has 7 heteroatoms. The molecule has 2 atom stereocenters. The second-order valence-corrected chi connectivity index (χ2v) is 12.4. The Morgan fingerprint density at radius 1 is 0.895 bits per heavy atom. The van der Waals surface area contributed by atoms with Crippen LogP contribution >= 0.6 is 0 Å². The molecule has 4 aliphatic rings. The van der Waals surface area contributed by atoms with Gasteiger partial charge in [0.2, 0.25) is 5.91 Å². The third-order valence-electron chi connectivity index (χ3n) is 9.86. The van der Waals surface area contributed by atoms with Gasteiger partial charge in [0, 0.05) is 51.1 Å². The van der Waals surface area contributed by atoms with Crippen molar-refractivity contribution < 1.29 is 9.59 Å². The molecule has 0 N–H and O–H groups in total. The van der Waals surface area contributed by atoms with E-state index in [0.29, 0.717) is 29.2 Å². The second kappa shape index (κ2) is 10.4. The zero-order valence-corrected chi connectivity index (χ0v) is 22.9. The summed E-state index contributed by atoms with van der Waals surface area (Å²) >= 11 is 0. The third-order valence-corrected chi connectivity index (χ3v) is 9.86. The van der Waals surface area contributed by atoms with Gasteiger partial charge in [-0.15, -0.1) is 0 Å². The maximum Gasteiger partial charge on any atom is 0.257 e. The number of carbonyl (C=O) groups is 2. The van der Waals surface area contributed by atoms with Crippen LogP contribution in [-0.4, -0.2) is 82.3 Å². The number of aryl methyl sites for hydroxylation is 2. The van der Waals surface area contributed by atoms with Gasteiger partial charge in [-0.05, 0) is 63.0 Å². The molecule has 2 unspecified atom stereocenters. The predicted molar refractivity (Wildman–Crippen MR) is 147 cm³/mol. The summed E-state index contributed by atoms with van der Waals surface area (Å²) in [7, 11) is 0. The SMILES string of the molecule is Cc1ncnc(C)c1C(=O)N1CC2CN(CCC3(c4ccccc4)CN(C(=O)CC4CCCC4)C3)CC2C1. The highest BCUT2D eigenvalue weighted by atomic mass is 16.2. The number of aromatic nitrogens is 2. The first kappa shape index (κ1) is 25.5. The Morgan fingerprint density at radius 3 is 2.16 bits per heavy atom. The van der Waals surface area contributed by atoms with Gasteiger partial charge in [-0.1, -0.05) is 43.2 Å². The van der Waals surface area contributed by atoms with E-state index in [1.165, 1.54) is 37.6 Å². The normalized spacial score (nSPS) is 25.0. The molecule has 0 radical (unpaired) electrons. The average Bonchev–Trinajstić information content (AvgIpc) is 3.61. The molecule has 2 amide bonds. The Hall–Kier alpha value is -2.80. The first-order chi connectivity index (χ1) is 18.4. The van der Waals surface area contributed by atoms with Crippen molar-refractivity contribution in [2.45, 2.75) is 57.8 Å². The van der Waals surface area contributed by atoms with Gasteiger partial charge in [-0.3, -0.25) is 9.59 Å². The number of fused-ring (bicyclic) bond motifs is 1. The summed E-state index contributed by atoms with van der Waals surface area (Å²) in [5.74, 6) is 2.11. The number of rotatable bonds is 7. The lowest BCUT2D eigenvalue weighted by Gasteiger charge is -2.51. The molecule has 7 nitrogen and oxygen atoms in total. The number of hydrogen-bond donors (Lipinski definition) is 0. The van der Waals surface area contributed by atoms with Crippen LogP contribution in [0.4, 0.5) is 0 Å². The van der Waals surface area contributed by atoms with E-state index in [-0.39, 0.29) is 11.3 Å². The minimum atomic E-state index is 0.0641. The molecule has 1 saturated carbocycles. The molecule has 202 valence electrons. The van der Waals surface area contributed by atoms with Crippen molar-refractivity contribution in [3.8, 4) is 0 Å². The molecular weight excluding hydrogens is 474 g/mol. The van der Waals surface area contributed by atoms with E-state index in [2.05, 4.69) is 50.1 Å². The zero-order valence-electron chi connectivity index (χ0n) is 22.9. The summed E-state index contributed by atoms with van der Waals surface area (Å²) in [5, 5.41) is 0. The summed E-state index contributed by atoms with van der Waals surface area (Å²) in [6.45, 7) is 10.3. The maximum atomic E-state index is 13.3. The Bertz CT molecular complexity index is 1140. The summed E-state index contributed by atoms with van der Waals surface area (Å²) < 4.78 is 0. The first-order valence-electron chi connectivity index (χ1n) is 14.5. The fourth-order valence-corrected chi connectivity index (χ4v) is 7.60. The van der Waals surface area contributed by atoms with Crippen LogP contribution in [0.2, 0.25) is 0 Å². The van der Waals surface area contributed by atoms with E-state index >= 15 is 0 Å². The number of amides is 2. The molecular formula is C31H41N5O2. The van der Waals surface area contributed by atoms with Gasteiger partial charge in [0.25, 0.3) is 5.91 Å². The van der Waals surface area contributed by atoms with Crippen LogP contribution in [0.5, 0.6) is 0 Å². The largest absolute Gasteiger partial charge is 0.341 e. The lowest BCUT2D eigenvalue weighted by molar-refractivity contribution is -0.140. The average molecular weight is 516 g/mol. The maximum absolute atomic E-state index is 13.3. The Labute approximate surface area is 226 Å². The molecule has 4 heterocycles. The molecule has 4 fully saturated rings. The monoisotopic (exact) mass is 515 g/mol. The fourth-order valence-electron chi connectivity index (χ4n) is 7.60. The van der Waals surface area contributed by atoms with Crippen molar-refractivity contribution in [2.75, 3.05) is 45.8 Å². The van der Waals surface area contributed by atoms with E-state index in [0.717, 1.165) is 70.0 Å². The van der Waals surface area contributed by atoms with Crippen molar-refractivity contribution in [1.29, 1.82) is 0 Å². The van der Waals surface area contributed by atoms with Gasteiger partial charge in [0.05, 0.1) is 17.0 Å². The van der Waals surface area contributed by atoms with Crippen LogP contribution in [0.1, 0.15) is 65.8 Å². The lowest BCUT2D eigenvalue weighted by atomic mass is 9.71. The van der Waals surface area contributed by atoms with E-state index in [9.17, 15) is 9.59 Å². The van der Waals surface area contributed by atoms with Crippen LogP contribution < -0.4 is 0 Å². The first-order valence-corrected chi connectivity index (χ1v) is 14.5. The molecule has 1 aromatic carbocycles. The minimum Gasteiger partial charge on any atom is -0.341 e. The quantitative estimate of drug-likeness (QED) is 0.560. The van der Waals surface area contributed by atoms with Gasteiger partial charge in [0.15, 0.2) is 0 Å². The molecule has 0 bridgehead atoms. The van der Waals surface area contributed by atoms with Crippen LogP contribution in [-0.2, 0) is 10.2 Å². The molecule has 38 heavy (non-hydrogen) atoms. The highest BCUT2D eigenvalue weighted by Crippen LogP contribution is 2.40. The van der Waals surface area contributed by atoms with Crippen molar-refractivity contribution >= 4 is 11.8 Å². The number of hydrogen-bond acceptors (Lipinski definition) is 5. The summed E-state index contributed by atoms with van der Waals surface area (Å²) in [6, 6.07) is 10.8. The second-order valence-electron chi connectivity index (χ2n) is 12.4. The molecule has 1 aromatic heterocycles. The Kier molecular flexibility index (Phi) is 6.97. The van der Waals surface area contributed by atoms with Gasteiger partial charge in [-0.2, -0.15) is 0 Å². The molecule has 2 aromatic rings. The Morgan fingerprint density at radius 2 is 1.53 bits per heavy atom. The van der Waals surface area contributed by atoms with Gasteiger partial charge in [0.1, 0.15) is 6.33 Å². The summed E-state index contributed by atoms with van der Waals surface area (Å²) in [6.07, 6.45) is 8.37. The topological polar surface area (TPSA) is 69.6 Å². The van der Waals surface area contributed by atoms with Crippen molar-refractivity contribution in [2.24, 2.45) is 17.8 Å².